The summed E-state index contributed by atoms with van der Waals surface area (Å²) in [6.45, 7) is 1.47. The molecule has 16 heavy (non-hydrogen) atoms. The lowest BCUT2D eigenvalue weighted by molar-refractivity contribution is -0.135. The van der Waals surface area contributed by atoms with Crippen LogP contribution in [0.3, 0.4) is 0 Å². The van der Waals surface area contributed by atoms with E-state index in [0.29, 0.717) is 26.1 Å². The SMILES string of the molecule is NCCOCC(=O)N1CCCS(=O)(=O)CC1. The molecule has 0 unspecified atom stereocenters. The zero-order chi connectivity index (χ0) is 12.0. The van der Waals surface area contributed by atoms with Gasteiger partial charge in [-0.1, -0.05) is 0 Å². The van der Waals surface area contributed by atoms with E-state index < -0.39 is 9.84 Å². The summed E-state index contributed by atoms with van der Waals surface area (Å²) in [6, 6.07) is 0. The van der Waals surface area contributed by atoms with Gasteiger partial charge in [-0.05, 0) is 6.42 Å². The maximum atomic E-state index is 11.6. The van der Waals surface area contributed by atoms with Gasteiger partial charge in [-0.3, -0.25) is 4.79 Å². The van der Waals surface area contributed by atoms with Crippen molar-refractivity contribution in [3.05, 3.63) is 0 Å². The van der Waals surface area contributed by atoms with Crippen LogP contribution in [0.25, 0.3) is 0 Å². The van der Waals surface area contributed by atoms with Crippen LogP contribution < -0.4 is 5.73 Å². The summed E-state index contributed by atoms with van der Waals surface area (Å²) in [5, 5.41) is 0. The normalized spacial score (nSPS) is 20.4. The maximum Gasteiger partial charge on any atom is 0.248 e. The number of carbonyl (C=O) groups is 1. The third-order valence-corrected chi connectivity index (χ3v) is 4.11. The van der Waals surface area contributed by atoms with E-state index in [4.69, 9.17) is 10.5 Å². The third-order valence-electron chi connectivity index (χ3n) is 2.40. The van der Waals surface area contributed by atoms with Crippen molar-refractivity contribution in [2.75, 3.05) is 44.4 Å². The van der Waals surface area contributed by atoms with Gasteiger partial charge in [-0.25, -0.2) is 8.42 Å². The Labute approximate surface area is 95.7 Å². The molecule has 0 aromatic heterocycles. The van der Waals surface area contributed by atoms with E-state index in [2.05, 4.69) is 0 Å². The van der Waals surface area contributed by atoms with Crippen LogP contribution in [0.5, 0.6) is 0 Å². The largest absolute Gasteiger partial charge is 0.370 e. The summed E-state index contributed by atoms with van der Waals surface area (Å²) in [6.07, 6.45) is 0.505. The van der Waals surface area contributed by atoms with Crippen LogP contribution >= 0.6 is 0 Å². The standard InChI is InChI=1S/C9H18N2O4S/c10-2-5-15-8-9(12)11-3-1-6-16(13,14)7-4-11/h1-8,10H2. The fourth-order valence-corrected chi connectivity index (χ4v) is 2.79. The highest BCUT2D eigenvalue weighted by Crippen LogP contribution is 2.05. The summed E-state index contributed by atoms with van der Waals surface area (Å²) >= 11 is 0. The minimum absolute atomic E-state index is 0.0166. The quantitative estimate of drug-likeness (QED) is 0.620. The first kappa shape index (κ1) is 13.4. The molecule has 1 fully saturated rings. The zero-order valence-corrected chi connectivity index (χ0v) is 10.0. The summed E-state index contributed by atoms with van der Waals surface area (Å²) < 4.78 is 27.7. The maximum absolute atomic E-state index is 11.6. The average molecular weight is 250 g/mol. The fourth-order valence-electron chi connectivity index (χ4n) is 1.52. The van der Waals surface area contributed by atoms with Crippen LogP contribution in [0.15, 0.2) is 0 Å². The monoisotopic (exact) mass is 250 g/mol. The summed E-state index contributed by atoms with van der Waals surface area (Å²) in [5.74, 6) is 0.0568. The molecular formula is C9H18N2O4S. The van der Waals surface area contributed by atoms with Crippen molar-refractivity contribution in [3.63, 3.8) is 0 Å². The first-order chi connectivity index (χ1) is 7.55. The first-order valence-electron chi connectivity index (χ1n) is 5.31. The second kappa shape index (κ2) is 6.17. The highest BCUT2D eigenvalue weighted by Gasteiger charge is 2.22. The molecule has 0 radical (unpaired) electrons. The number of hydrogen-bond acceptors (Lipinski definition) is 5. The Bertz CT molecular complexity index is 328. The van der Waals surface area contributed by atoms with Crippen LogP contribution in [0.4, 0.5) is 0 Å². The van der Waals surface area contributed by atoms with Crippen molar-refractivity contribution in [1.82, 2.24) is 4.90 Å². The molecular weight excluding hydrogens is 232 g/mol. The van der Waals surface area contributed by atoms with Crippen molar-refractivity contribution in [2.45, 2.75) is 6.42 Å². The molecule has 1 aliphatic heterocycles. The van der Waals surface area contributed by atoms with E-state index in [1.54, 1.807) is 4.90 Å². The molecule has 0 bridgehead atoms. The second-order valence-electron chi connectivity index (χ2n) is 3.73. The van der Waals surface area contributed by atoms with Gasteiger partial charge in [-0.15, -0.1) is 0 Å². The van der Waals surface area contributed by atoms with Crippen LogP contribution in [0.2, 0.25) is 0 Å². The molecule has 1 amide bonds. The Balaban J connectivity index is 2.39. The molecule has 1 heterocycles. The number of carbonyl (C=O) groups excluding carboxylic acids is 1. The Kier molecular flexibility index (Phi) is 5.17. The van der Waals surface area contributed by atoms with Gasteiger partial charge in [-0.2, -0.15) is 0 Å². The predicted molar refractivity (Wildman–Crippen MR) is 59.7 cm³/mol. The number of sulfone groups is 1. The minimum atomic E-state index is -2.97. The second-order valence-corrected chi connectivity index (χ2v) is 6.03. The molecule has 1 rings (SSSR count). The summed E-state index contributed by atoms with van der Waals surface area (Å²) in [7, 11) is -2.97. The molecule has 1 saturated heterocycles. The van der Waals surface area contributed by atoms with E-state index in [9.17, 15) is 13.2 Å². The predicted octanol–water partition coefficient (Wildman–Crippen LogP) is -1.39. The molecule has 0 aromatic carbocycles. The number of amides is 1. The van der Waals surface area contributed by atoms with Crippen molar-refractivity contribution in [3.8, 4) is 0 Å². The van der Waals surface area contributed by atoms with Crippen molar-refractivity contribution < 1.29 is 17.9 Å². The van der Waals surface area contributed by atoms with Gasteiger partial charge >= 0.3 is 0 Å². The first-order valence-corrected chi connectivity index (χ1v) is 7.13. The Morgan fingerprint density at radius 3 is 2.75 bits per heavy atom. The van der Waals surface area contributed by atoms with Gasteiger partial charge in [0.1, 0.15) is 6.61 Å². The lowest BCUT2D eigenvalue weighted by Crippen LogP contribution is -2.36. The molecule has 2 N–H and O–H groups in total. The average Bonchev–Trinajstić information content (AvgIpc) is 2.39. The summed E-state index contributed by atoms with van der Waals surface area (Å²) in [5.41, 5.74) is 5.22. The lowest BCUT2D eigenvalue weighted by atomic mass is 10.4. The number of nitrogens with zero attached hydrogens (tertiary/aromatic N) is 1. The highest BCUT2D eigenvalue weighted by molar-refractivity contribution is 7.91. The van der Waals surface area contributed by atoms with Crippen LogP contribution in [0.1, 0.15) is 6.42 Å². The molecule has 0 aromatic rings. The van der Waals surface area contributed by atoms with Gasteiger partial charge in [0, 0.05) is 19.6 Å². The molecule has 6 nitrogen and oxygen atoms in total. The van der Waals surface area contributed by atoms with Crippen LogP contribution in [-0.4, -0.2) is 63.6 Å². The molecule has 0 spiro atoms. The molecule has 0 saturated carbocycles. The topological polar surface area (TPSA) is 89.7 Å². The number of rotatable bonds is 4. The summed E-state index contributed by atoms with van der Waals surface area (Å²) in [4.78, 5) is 13.1. The van der Waals surface area contributed by atoms with Gasteiger partial charge in [0.2, 0.25) is 5.91 Å². The van der Waals surface area contributed by atoms with E-state index in [1.165, 1.54) is 0 Å². The van der Waals surface area contributed by atoms with Crippen LogP contribution in [-0.2, 0) is 19.4 Å². The highest BCUT2D eigenvalue weighted by atomic mass is 32.2. The van der Waals surface area contributed by atoms with Gasteiger partial charge in [0.25, 0.3) is 0 Å². The Hall–Kier alpha value is -0.660. The lowest BCUT2D eigenvalue weighted by Gasteiger charge is -2.19. The van der Waals surface area contributed by atoms with E-state index in [1.807, 2.05) is 0 Å². The van der Waals surface area contributed by atoms with Gasteiger partial charge in [0.15, 0.2) is 9.84 Å². The van der Waals surface area contributed by atoms with Crippen LogP contribution in [0, 0.1) is 0 Å². The minimum Gasteiger partial charge on any atom is -0.370 e. The van der Waals surface area contributed by atoms with Gasteiger partial charge in [0.05, 0.1) is 18.1 Å². The van der Waals surface area contributed by atoms with Crippen molar-refractivity contribution >= 4 is 15.7 Å². The van der Waals surface area contributed by atoms with Crippen molar-refractivity contribution in [2.24, 2.45) is 5.73 Å². The number of nitrogens with two attached hydrogens (primary N) is 1. The molecule has 7 heteroatoms. The van der Waals surface area contributed by atoms with E-state index in [0.717, 1.165) is 0 Å². The van der Waals surface area contributed by atoms with Gasteiger partial charge < -0.3 is 15.4 Å². The molecule has 94 valence electrons. The number of ether oxygens (including phenoxy) is 1. The molecule has 0 atom stereocenters. The fraction of sp³-hybridized carbons (Fsp3) is 0.889. The molecule has 0 aliphatic carbocycles. The number of hydrogen-bond donors (Lipinski definition) is 1. The van der Waals surface area contributed by atoms with E-state index in [-0.39, 0.29) is 30.6 Å². The Morgan fingerprint density at radius 2 is 2.06 bits per heavy atom. The van der Waals surface area contributed by atoms with Crippen molar-refractivity contribution in [1.29, 1.82) is 0 Å². The molecule has 1 aliphatic rings. The Morgan fingerprint density at radius 1 is 1.31 bits per heavy atom. The third kappa shape index (κ3) is 4.46. The van der Waals surface area contributed by atoms with E-state index >= 15 is 0 Å². The zero-order valence-electron chi connectivity index (χ0n) is 9.22. The smallest absolute Gasteiger partial charge is 0.248 e.